The first-order valence-electron chi connectivity index (χ1n) is 9.12. The topological polar surface area (TPSA) is 72.5 Å². The molecule has 0 aliphatic heterocycles. The lowest BCUT2D eigenvalue weighted by Crippen LogP contribution is -2.50. The van der Waals surface area contributed by atoms with E-state index in [0.717, 1.165) is 62.7 Å². The van der Waals surface area contributed by atoms with E-state index in [1.165, 1.54) is 19.3 Å². The molecule has 1 N–H and O–H groups in total. The first-order chi connectivity index (χ1) is 11.1. The normalized spacial score (nSPS) is 34.9. The molecular weight excluding hydrogens is 314 g/mol. The van der Waals surface area contributed by atoms with E-state index in [2.05, 4.69) is 4.72 Å². The van der Waals surface area contributed by atoms with Gasteiger partial charge in [-0.1, -0.05) is 12.8 Å². The number of hydrogen-bond acceptors (Lipinski definition) is 4. The van der Waals surface area contributed by atoms with Crippen LogP contribution in [0.3, 0.4) is 0 Å². The van der Waals surface area contributed by atoms with Crippen LogP contribution >= 0.6 is 0 Å². The number of unbranched alkanes of at least 4 members (excludes halogenated alkanes) is 3. The first-order valence-corrected chi connectivity index (χ1v) is 10.3. The van der Waals surface area contributed by atoms with Gasteiger partial charge >= 0.3 is 5.97 Å². The molecule has 0 radical (unpaired) electrons. The van der Waals surface area contributed by atoms with Crippen LogP contribution in [0.4, 0.5) is 0 Å². The Labute approximate surface area is 140 Å². The molecule has 23 heavy (non-hydrogen) atoms. The summed E-state index contributed by atoms with van der Waals surface area (Å²) in [5.41, 5.74) is -0.141. The Morgan fingerprint density at radius 1 is 0.957 bits per heavy atom. The van der Waals surface area contributed by atoms with E-state index in [-0.39, 0.29) is 11.4 Å². The second-order valence-corrected chi connectivity index (χ2v) is 8.74. The van der Waals surface area contributed by atoms with Crippen LogP contribution < -0.4 is 4.72 Å². The SMILES string of the molecule is O=C(OCCCCCCN[SH](=O)=O)C12CC3CC(CC(C3)C1)C2. The molecule has 6 heteroatoms. The fourth-order valence-electron chi connectivity index (χ4n) is 5.43. The number of ether oxygens (including phenoxy) is 1. The maximum absolute atomic E-state index is 12.6. The Bertz CT molecular complexity index is 460. The minimum absolute atomic E-state index is 0.0709. The second kappa shape index (κ2) is 7.51. The standard InChI is InChI=1S/C17H29NO4S/c19-16(22-6-4-2-1-3-5-18-23(20)21)17-10-13-7-14(11-17)9-15(8-13)12-17/h13-15,23H,1-12H2,(H,18,20,21). The first kappa shape index (κ1) is 17.2. The van der Waals surface area contributed by atoms with Gasteiger partial charge in [0.25, 0.3) is 0 Å². The van der Waals surface area contributed by atoms with Gasteiger partial charge in [0, 0.05) is 6.54 Å². The van der Waals surface area contributed by atoms with Gasteiger partial charge < -0.3 is 4.74 Å². The van der Waals surface area contributed by atoms with Crippen molar-refractivity contribution in [3.05, 3.63) is 0 Å². The van der Waals surface area contributed by atoms with Gasteiger partial charge in [0.15, 0.2) is 0 Å². The van der Waals surface area contributed by atoms with Crippen molar-refractivity contribution in [2.24, 2.45) is 23.2 Å². The molecule has 132 valence electrons. The zero-order chi connectivity index (χ0) is 16.3. The van der Waals surface area contributed by atoms with Crippen molar-refractivity contribution in [3.63, 3.8) is 0 Å². The summed E-state index contributed by atoms with van der Waals surface area (Å²) >= 11 is 0. The average Bonchev–Trinajstić information content (AvgIpc) is 2.48. The highest BCUT2D eigenvalue weighted by Gasteiger charge is 2.55. The van der Waals surface area contributed by atoms with Gasteiger partial charge in [-0.25, -0.2) is 13.1 Å². The lowest BCUT2D eigenvalue weighted by atomic mass is 9.49. The minimum Gasteiger partial charge on any atom is -0.465 e. The van der Waals surface area contributed by atoms with Gasteiger partial charge in [-0.3, -0.25) is 4.79 Å². The molecule has 0 atom stereocenters. The van der Waals surface area contributed by atoms with Crippen LogP contribution in [0.25, 0.3) is 0 Å². The molecule has 4 fully saturated rings. The maximum atomic E-state index is 12.6. The predicted octanol–water partition coefficient (Wildman–Crippen LogP) is 2.42. The molecule has 0 aromatic carbocycles. The van der Waals surface area contributed by atoms with Crippen LogP contribution in [0.1, 0.15) is 64.2 Å². The molecule has 4 bridgehead atoms. The molecule has 0 amide bonds. The van der Waals surface area contributed by atoms with Crippen LogP contribution in [0.15, 0.2) is 0 Å². The summed E-state index contributed by atoms with van der Waals surface area (Å²) in [5.74, 6) is 2.39. The lowest BCUT2D eigenvalue weighted by molar-refractivity contribution is -0.171. The van der Waals surface area contributed by atoms with Gasteiger partial charge in [-0.05, 0) is 69.1 Å². The summed E-state index contributed by atoms with van der Waals surface area (Å²) in [4.78, 5) is 12.6. The van der Waals surface area contributed by atoms with Gasteiger partial charge in [-0.2, -0.15) is 0 Å². The summed E-state index contributed by atoms with van der Waals surface area (Å²) in [7, 11) is -2.47. The Morgan fingerprint density at radius 3 is 2.09 bits per heavy atom. The molecule has 4 saturated carbocycles. The number of nitrogens with one attached hydrogen (secondary N) is 1. The summed E-state index contributed by atoms with van der Waals surface area (Å²) in [6.07, 6.45) is 10.9. The van der Waals surface area contributed by atoms with Crippen LogP contribution in [-0.2, 0) is 20.4 Å². The Balaban J connectivity index is 1.32. The summed E-state index contributed by atoms with van der Waals surface area (Å²) < 4.78 is 28.7. The number of carbonyl (C=O) groups is 1. The molecular formula is C17H29NO4S. The molecule has 0 aromatic heterocycles. The zero-order valence-electron chi connectivity index (χ0n) is 13.8. The number of esters is 1. The highest BCUT2D eigenvalue weighted by Crippen LogP contribution is 2.60. The number of carbonyl (C=O) groups excluding carboxylic acids is 1. The summed E-state index contributed by atoms with van der Waals surface area (Å²) in [5, 5.41) is 0. The fourth-order valence-corrected chi connectivity index (χ4v) is 5.77. The Hall–Kier alpha value is -0.620. The number of thiol groups is 1. The maximum Gasteiger partial charge on any atom is 0.312 e. The van der Waals surface area contributed by atoms with Gasteiger partial charge in [0.05, 0.1) is 12.0 Å². The zero-order valence-corrected chi connectivity index (χ0v) is 14.7. The van der Waals surface area contributed by atoms with Crippen molar-refractivity contribution >= 4 is 16.9 Å². The van der Waals surface area contributed by atoms with Gasteiger partial charge in [-0.15, -0.1) is 0 Å². The molecule has 0 spiro atoms. The van der Waals surface area contributed by atoms with E-state index in [1.807, 2.05) is 0 Å². The predicted molar refractivity (Wildman–Crippen MR) is 88.3 cm³/mol. The molecule has 4 rings (SSSR count). The van der Waals surface area contributed by atoms with E-state index >= 15 is 0 Å². The fraction of sp³-hybridized carbons (Fsp3) is 0.941. The molecule has 0 saturated heterocycles. The van der Waals surface area contributed by atoms with Crippen LogP contribution in [0.2, 0.25) is 0 Å². The average molecular weight is 343 g/mol. The minimum atomic E-state index is -2.47. The van der Waals surface area contributed by atoms with Crippen LogP contribution in [-0.4, -0.2) is 27.5 Å². The van der Waals surface area contributed by atoms with Crippen molar-refractivity contribution < 1.29 is 17.9 Å². The third-order valence-corrected chi connectivity index (χ3v) is 6.50. The molecule has 5 nitrogen and oxygen atoms in total. The molecule has 4 aliphatic carbocycles. The largest absolute Gasteiger partial charge is 0.465 e. The lowest BCUT2D eigenvalue weighted by Gasteiger charge is -2.55. The number of rotatable bonds is 9. The van der Waals surface area contributed by atoms with E-state index in [9.17, 15) is 13.2 Å². The highest BCUT2D eigenvalue weighted by atomic mass is 32.2. The van der Waals surface area contributed by atoms with Crippen molar-refractivity contribution in [1.82, 2.24) is 4.72 Å². The van der Waals surface area contributed by atoms with Crippen molar-refractivity contribution in [2.75, 3.05) is 13.2 Å². The van der Waals surface area contributed by atoms with E-state index < -0.39 is 10.9 Å². The van der Waals surface area contributed by atoms with E-state index in [4.69, 9.17) is 4.74 Å². The third-order valence-electron chi connectivity index (χ3n) is 6.02. The molecule has 0 aromatic rings. The monoisotopic (exact) mass is 343 g/mol. The van der Waals surface area contributed by atoms with E-state index in [1.54, 1.807) is 0 Å². The second-order valence-electron chi connectivity index (χ2n) is 7.91. The highest BCUT2D eigenvalue weighted by molar-refractivity contribution is 7.70. The van der Waals surface area contributed by atoms with Crippen molar-refractivity contribution in [2.45, 2.75) is 64.2 Å². The van der Waals surface area contributed by atoms with Crippen molar-refractivity contribution in [3.8, 4) is 0 Å². The molecule has 0 heterocycles. The van der Waals surface area contributed by atoms with Crippen molar-refractivity contribution in [1.29, 1.82) is 0 Å². The molecule has 0 unspecified atom stereocenters. The van der Waals surface area contributed by atoms with Gasteiger partial charge in [0.2, 0.25) is 10.9 Å². The smallest absolute Gasteiger partial charge is 0.312 e. The quantitative estimate of drug-likeness (QED) is 0.383. The number of hydrogen-bond donors (Lipinski definition) is 2. The Kier molecular flexibility index (Phi) is 5.62. The van der Waals surface area contributed by atoms with E-state index in [0.29, 0.717) is 13.2 Å². The van der Waals surface area contributed by atoms with Gasteiger partial charge in [0.1, 0.15) is 0 Å². The third kappa shape index (κ3) is 4.27. The van der Waals surface area contributed by atoms with Crippen LogP contribution in [0, 0.1) is 23.2 Å². The Morgan fingerprint density at radius 2 is 1.52 bits per heavy atom. The summed E-state index contributed by atoms with van der Waals surface area (Å²) in [6, 6.07) is 0. The molecule has 4 aliphatic rings. The summed E-state index contributed by atoms with van der Waals surface area (Å²) in [6.45, 7) is 1.02. The van der Waals surface area contributed by atoms with Crippen LogP contribution in [0.5, 0.6) is 0 Å².